The minimum Gasteiger partial charge on any atom is -0.452 e. The Bertz CT molecular complexity index is 1040. The Hall–Kier alpha value is -3.72. The van der Waals surface area contributed by atoms with Crippen LogP contribution in [0.2, 0.25) is 0 Å². The summed E-state index contributed by atoms with van der Waals surface area (Å²) in [6.07, 6.45) is 0. The fraction of sp³-hybridized carbons (Fsp3) is 0.0500. The molecule has 5 nitrogen and oxygen atoms in total. The summed E-state index contributed by atoms with van der Waals surface area (Å²) < 4.78 is 18.6. The number of ether oxygens (including phenoxy) is 1. The lowest BCUT2D eigenvalue weighted by Gasteiger charge is -2.09. The lowest BCUT2D eigenvalue weighted by molar-refractivity contribution is -0.119. The first kappa shape index (κ1) is 17.1. The monoisotopic (exact) mass is 348 g/mol. The third kappa shape index (κ3) is 3.68. The molecule has 3 aromatic carbocycles. The Morgan fingerprint density at radius 1 is 1.08 bits per heavy atom. The zero-order valence-electron chi connectivity index (χ0n) is 13.5. The first-order valence-corrected chi connectivity index (χ1v) is 7.73. The highest BCUT2D eigenvalue weighted by atomic mass is 19.1. The Morgan fingerprint density at radius 3 is 2.62 bits per heavy atom. The van der Waals surface area contributed by atoms with Crippen LogP contribution in [0.4, 0.5) is 10.1 Å². The maximum atomic E-state index is 13.8. The number of halogens is 1. The van der Waals surface area contributed by atoms with Gasteiger partial charge in [0.1, 0.15) is 5.82 Å². The second-order valence-electron chi connectivity index (χ2n) is 5.46. The number of anilines is 1. The summed E-state index contributed by atoms with van der Waals surface area (Å²) in [5.41, 5.74) is 0.350. The van der Waals surface area contributed by atoms with Crippen LogP contribution in [0.15, 0.2) is 60.7 Å². The van der Waals surface area contributed by atoms with E-state index < -0.39 is 24.3 Å². The molecule has 3 rings (SSSR count). The predicted octanol–water partition coefficient (Wildman–Crippen LogP) is 3.65. The van der Waals surface area contributed by atoms with Crippen LogP contribution in [-0.4, -0.2) is 18.5 Å². The van der Waals surface area contributed by atoms with Gasteiger partial charge < -0.3 is 10.1 Å². The fourth-order valence-corrected chi connectivity index (χ4v) is 2.48. The summed E-state index contributed by atoms with van der Waals surface area (Å²) in [6, 6.07) is 18.1. The summed E-state index contributed by atoms with van der Waals surface area (Å²) >= 11 is 0. The number of nitrogens with one attached hydrogen (secondary N) is 1. The normalized spacial score (nSPS) is 10.2. The number of nitriles is 1. The molecule has 0 heterocycles. The Labute approximate surface area is 148 Å². The summed E-state index contributed by atoms with van der Waals surface area (Å²) in [7, 11) is 0. The summed E-state index contributed by atoms with van der Waals surface area (Å²) in [5.74, 6) is -2.38. The Morgan fingerprint density at radius 2 is 1.85 bits per heavy atom. The van der Waals surface area contributed by atoms with Crippen molar-refractivity contribution in [3.8, 4) is 6.07 Å². The molecular weight excluding hydrogens is 335 g/mol. The van der Waals surface area contributed by atoms with E-state index in [2.05, 4.69) is 5.32 Å². The van der Waals surface area contributed by atoms with E-state index in [9.17, 15) is 14.0 Å². The average Bonchev–Trinajstić information content (AvgIpc) is 2.66. The van der Waals surface area contributed by atoms with Crippen LogP contribution in [0, 0.1) is 17.1 Å². The number of benzene rings is 3. The van der Waals surface area contributed by atoms with E-state index in [1.54, 1.807) is 18.2 Å². The molecule has 0 unspecified atom stereocenters. The number of fused-ring (bicyclic) bond motifs is 1. The largest absolute Gasteiger partial charge is 0.452 e. The van der Waals surface area contributed by atoms with Gasteiger partial charge in [-0.25, -0.2) is 9.18 Å². The van der Waals surface area contributed by atoms with Gasteiger partial charge in [-0.2, -0.15) is 5.26 Å². The van der Waals surface area contributed by atoms with Gasteiger partial charge >= 0.3 is 5.97 Å². The quantitative estimate of drug-likeness (QED) is 0.730. The van der Waals surface area contributed by atoms with E-state index in [0.717, 1.165) is 22.9 Å². The molecule has 0 atom stereocenters. The van der Waals surface area contributed by atoms with Crippen LogP contribution < -0.4 is 5.32 Å². The van der Waals surface area contributed by atoms with E-state index in [1.165, 1.54) is 6.07 Å². The number of esters is 1. The first-order valence-electron chi connectivity index (χ1n) is 7.73. The molecule has 0 saturated carbocycles. The van der Waals surface area contributed by atoms with Crippen molar-refractivity contribution in [2.75, 3.05) is 11.9 Å². The average molecular weight is 348 g/mol. The molecule has 128 valence electrons. The summed E-state index contributed by atoms with van der Waals surface area (Å²) in [4.78, 5) is 24.0. The number of rotatable bonds is 4. The molecule has 26 heavy (non-hydrogen) atoms. The van der Waals surface area contributed by atoms with E-state index >= 15 is 0 Å². The standard InChI is InChI=1S/C20H13FN2O3/c21-17-10-13(11-22)8-9-16(17)20(25)26-12-19(24)23-18-7-3-5-14-4-1-2-6-15(14)18/h1-10H,12H2,(H,23,24). The minimum absolute atomic E-state index is 0.0905. The van der Waals surface area contributed by atoms with Crippen LogP contribution in [0.25, 0.3) is 10.8 Å². The van der Waals surface area contributed by atoms with Gasteiger partial charge in [0.25, 0.3) is 5.91 Å². The molecule has 3 aromatic rings. The minimum atomic E-state index is -0.972. The van der Waals surface area contributed by atoms with Gasteiger partial charge in [0, 0.05) is 11.1 Å². The molecule has 0 aliphatic carbocycles. The highest BCUT2D eigenvalue weighted by molar-refractivity contribution is 6.03. The lowest BCUT2D eigenvalue weighted by atomic mass is 10.1. The molecule has 0 spiro atoms. The second-order valence-corrected chi connectivity index (χ2v) is 5.46. The van der Waals surface area contributed by atoms with Gasteiger partial charge in [-0.3, -0.25) is 4.79 Å². The molecule has 1 amide bonds. The van der Waals surface area contributed by atoms with Crippen molar-refractivity contribution >= 4 is 28.3 Å². The van der Waals surface area contributed by atoms with Gasteiger partial charge in [-0.05, 0) is 29.7 Å². The molecule has 6 heteroatoms. The van der Waals surface area contributed by atoms with Crippen LogP contribution in [0.1, 0.15) is 15.9 Å². The fourth-order valence-electron chi connectivity index (χ4n) is 2.48. The Balaban J connectivity index is 1.65. The molecule has 0 aliphatic heterocycles. The summed E-state index contributed by atoms with van der Waals surface area (Å²) in [5, 5.41) is 13.2. The highest BCUT2D eigenvalue weighted by Gasteiger charge is 2.15. The van der Waals surface area contributed by atoms with Crippen molar-refractivity contribution in [2.24, 2.45) is 0 Å². The zero-order valence-corrected chi connectivity index (χ0v) is 13.5. The van der Waals surface area contributed by atoms with Gasteiger partial charge in [-0.1, -0.05) is 36.4 Å². The molecule has 0 bridgehead atoms. The van der Waals surface area contributed by atoms with Gasteiger partial charge in [-0.15, -0.1) is 0 Å². The molecule has 0 fully saturated rings. The molecule has 0 radical (unpaired) electrons. The van der Waals surface area contributed by atoms with Crippen LogP contribution in [0.3, 0.4) is 0 Å². The molecular formula is C20H13FN2O3. The number of amides is 1. The maximum Gasteiger partial charge on any atom is 0.341 e. The number of carbonyl (C=O) groups excluding carboxylic acids is 2. The van der Waals surface area contributed by atoms with Crippen molar-refractivity contribution in [2.45, 2.75) is 0 Å². The van der Waals surface area contributed by atoms with Gasteiger partial charge in [0.15, 0.2) is 6.61 Å². The smallest absolute Gasteiger partial charge is 0.341 e. The maximum absolute atomic E-state index is 13.8. The van der Waals surface area contributed by atoms with Crippen molar-refractivity contribution in [1.29, 1.82) is 5.26 Å². The predicted molar refractivity (Wildman–Crippen MR) is 94.0 cm³/mol. The van der Waals surface area contributed by atoms with E-state index in [1.807, 2.05) is 30.3 Å². The van der Waals surface area contributed by atoms with E-state index in [0.29, 0.717) is 5.69 Å². The number of hydrogen-bond acceptors (Lipinski definition) is 4. The summed E-state index contributed by atoms with van der Waals surface area (Å²) in [6.45, 7) is -0.554. The third-order valence-corrected chi connectivity index (χ3v) is 3.72. The molecule has 0 aromatic heterocycles. The lowest BCUT2D eigenvalue weighted by Crippen LogP contribution is -2.21. The number of hydrogen-bond donors (Lipinski definition) is 1. The molecule has 0 aliphatic rings. The van der Waals surface area contributed by atoms with Crippen LogP contribution >= 0.6 is 0 Å². The van der Waals surface area contributed by atoms with Gasteiger partial charge in [0.2, 0.25) is 0 Å². The van der Waals surface area contributed by atoms with E-state index in [-0.39, 0.29) is 11.1 Å². The SMILES string of the molecule is N#Cc1ccc(C(=O)OCC(=O)Nc2cccc3ccccc23)c(F)c1. The van der Waals surface area contributed by atoms with Gasteiger partial charge in [0.05, 0.1) is 17.2 Å². The zero-order chi connectivity index (χ0) is 18.5. The topological polar surface area (TPSA) is 79.2 Å². The van der Waals surface area contributed by atoms with E-state index in [4.69, 9.17) is 10.00 Å². The van der Waals surface area contributed by atoms with Crippen molar-refractivity contribution in [1.82, 2.24) is 0 Å². The van der Waals surface area contributed by atoms with Crippen LogP contribution in [-0.2, 0) is 9.53 Å². The third-order valence-electron chi connectivity index (χ3n) is 3.72. The number of nitrogens with zero attached hydrogens (tertiary/aromatic N) is 1. The van der Waals surface area contributed by atoms with Crippen molar-refractivity contribution < 1.29 is 18.7 Å². The first-order chi connectivity index (χ1) is 12.6. The highest BCUT2D eigenvalue weighted by Crippen LogP contribution is 2.22. The molecule has 1 N–H and O–H groups in total. The molecule has 0 saturated heterocycles. The van der Waals surface area contributed by atoms with Crippen molar-refractivity contribution in [3.05, 3.63) is 77.6 Å². The Kier molecular flexibility index (Phi) is 4.90. The second kappa shape index (κ2) is 7.45. The van der Waals surface area contributed by atoms with Crippen LogP contribution in [0.5, 0.6) is 0 Å². The number of carbonyl (C=O) groups is 2. The van der Waals surface area contributed by atoms with Crippen molar-refractivity contribution in [3.63, 3.8) is 0 Å².